The van der Waals surface area contributed by atoms with Crippen LogP contribution >= 0.6 is 12.4 Å². The van der Waals surface area contributed by atoms with Crippen molar-refractivity contribution in [1.82, 2.24) is 4.90 Å². The molecule has 0 saturated carbocycles. The summed E-state index contributed by atoms with van der Waals surface area (Å²) >= 11 is 0. The molecule has 1 saturated heterocycles. The van der Waals surface area contributed by atoms with E-state index in [1.54, 1.807) is 24.3 Å². The molecule has 3 rings (SSSR count). The van der Waals surface area contributed by atoms with Crippen molar-refractivity contribution >= 4 is 18.4 Å². The van der Waals surface area contributed by atoms with Gasteiger partial charge in [-0.2, -0.15) is 0 Å². The van der Waals surface area contributed by atoms with E-state index < -0.39 is 11.6 Å². The summed E-state index contributed by atoms with van der Waals surface area (Å²) in [7, 11) is 0. The van der Waals surface area contributed by atoms with Crippen LogP contribution in [0.3, 0.4) is 0 Å². The summed E-state index contributed by atoms with van der Waals surface area (Å²) in [4.78, 5) is 15.3. The molecule has 0 aromatic heterocycles. The van der Waals surface area contributed by atoms with Crippen LogP contribution < -0.4 is 0 Å². The summed E-state index contributed by atoms with van der Waals surface area (Å²) in [6.45, 7) is 4.82. The van der Waals surface area contributed by atoms with Crippen molar-refractivity contribution in [2.75, 3.05) is 19.6 Å². The third-order valence-corrected chi connectivity index (χ3v) is 4.72. The molecule has 0 amide bonds. The minimum Gasteiger partial charge on any atom is -0.458 e. The summed E-state index contributed by atoms with van der Waals surface area (Å²) in [5.74, 6) is -0.603. The van der Waals surface area contributed by atoms with E-state index >= 15 is 0 Å². The summed E-state index contributed by atoms with van der Waals surface area (Å²) in [6, 6.07) is 18.0. The second-order valence-electron chi connectivity index (χ2n) is 6.56. The highest BCUT2D eigenvalue weighted by molar-refractivity contribution is 5.86. The first-order valence-electron chi connectivity index (χ1n) is 8.91. The minimum absolute atomic E-state index is 0. The maximum atomic E-state index is 13.0. The zero-order valence-electron chi connectivity index (χ0n) is 15.0. The van der Waals surface area contributed by atoms with Crippen LogP contribution in [0.5, 0.6) is 0 Å². The first kappa shape index (κ1) is 20.4. The van der Waals surface area contributed by atoms with Gasteiger partial charge in [0, 0.05) is 13.1 Å². The number of carbonyl (C=O) groups excluding carboxylic acids is 1. The van der Waals surface area contributed by atoms with Crippen LogP contribution in [0.1, 0.15) is 30.9 Å². The molecule has 1 atom stereocenters. The standard InChI is InChI=1S/C21H25NO3.ClH/c1-2-14-22-15-13-19(16-22)25-20(23)21(24,17-9-5-3-6-10-17)18-11-7-4-8-12-18;/h3-12,19,24H,2,13-16H2,1H3;1H. The molecule has 0 aliphatic carbocycles. The lowest BCUT2D eigenvalue weighted by atomic mass is 9.86. The Morgan fingerprint density at radius 1 is 1.12 bits per heavy atom. The number of esters is 1. The topological polar surface area (TPSA) is 49.8 Å². The number of aliphatic hydroxyl groups is 1. The smallest absolute Gasteiger partial charge is 0.348 e. The maximum absolute atomic E-state index is 13.0. The van der Waals surface area contributed by atoms with Gasteiger partial charge in [-0.3, -0.25) is 4.90 Å². The molecule has 140 valence electrons. The zero-order chi connectivity index (χ0) is 17.7. The van der Waals surface area contributed by atoms with Gasteiger partial charge in [-0.05, 0) is 30.5 Å². The Kier molecular flexibility index (Phi) is 7.21. The molecule has 1 N–H and O–H groups in total. The SMILES string of the molecule is CCCN1CCC(OC(=O)C(O)(c2ccccc2)c2ccccc2)C1.Cl. The van der Waals surface area contributed by atoms with Gasteiger partial charge in [0.05, 0.1) is 0 Å². The van der Waals surface area contributed by atoms with Gasteiger partial charge < -0.3 is 9.84 Å². The Bertz CT molecular complexity index is 653. The molecular weight excluding hydrogens is 350 g/mol. The van der Waals surface area contributed by atoms with Crippen molar-refractivity contribution in [3.05, 3.63) is 71.8 Å². The lowest BCUT2D eigenvalue weighted by Gasteiger charge is -2.28. The third kappa shape index (κ3) is 4.26. The molecular formula is C21H26ClNO3. The van der Waals surface area contributed by atoms with Gasteiger partial charge in [0.25, 0.3) is 0 Å². The summed E-state index contributed by atoms with van der Waals surface area (Å²) in [5.41, 5.74) is -0.745. The minimum atomic E-state index is -1.79. The van der Waals surface area contributed by atoms with E-state index in [0.717, 1.165) is 32.5 Å². The molecule has 5 heteroatoms. The number of likely N-dealkylation sites (tertiary alicyclic amines) is 1. The van der Waals surface area contributed by atoms with Gasteiger partial charge in [0.15, 0.2) is 0 Å². The number of nitrogens with zero attached hydrogens (tertiary/aromatic N) is 1. The second kappa shape index (κ2) is 9.17. The van der Waals surface area contributed by atoms with E-state index in [0.29, 0.717) is 11.1 Å². The Balaban J connectivity index is 0.00000243. The van der Waals surface area contributed by atoms with E-state index in [2.05, 4.69) is 11.8 Å². The molecule has 4 nitrogen and oxygen atoms in total. The van der Waals surface area contributed by atoms with Gasteiger partial charge in [-0.1, -0.05) is 67.6 Å². The highest BCUT2D eigenvalue weighted by Gasteiger charge is 2.43. The van der Waals surface area contributed by atoms with E-state index in [-0.39, 0.29) is 18.5 Å². The number of halogens is 1. The van der Waals surface area contributed by atoms with Crippen molar-refractivity contribution in [2.24, 2.45) is 0 Å². The van der Waals surface area contributed by atoms with Crippen LogP contribution in [0.15, 0.2) is 60.7 Å². The Morgan fingerprint density at radius 2 is 1.65 bits per heavy atom. The lowest BCUT2D eigenvalue weighted by Crippen LogP contribution is -2.41. The van der Waals surface area contributed by atoms with Crippen molar-refractivity contribution < 1.29 is 14.6 Å². The van der Waals surface area contributed by atoms with Crippen LogP contribution in [-0.2, 0) is 15.1 Å². The Labute approximate surface area is 161 Å². The van der Waals surface area contributed by atoms with Crippen LogP contribution in [-0.4, -0.2) is 41.7 Å². The van der Waals surface area contributed by atoms with Gasteiger partial charge in [-0.25, -0.2) is 4.79 Å². The number of carbonyl (C=O) groups is 1. The van der Waals surface area contributed by atoms with Crippen molar-refractivity contribution in [3.8, 4) is 0 Å². The highest BCUT2D eigenvalue weighted by Crippen LogP contribution is 2.32. The molecule has 1 unspecified atom stereocenters. The fraction of sp³-hybridized carbons (Fsp3) is 0.381. The Morgan fingerprint density at radius 3 is 2.15 bits per heavy atom. The predicted molar refractivity (Wildman–Crippen MR) is 104 cm³/mol. The van der Waals surface area contributed by atoms with E-state index in [9.17, 15) is 9.90 Å². The molecule has 2 aromatic carbocycles. The van der Waals surface area contributed by atoms with Crippen molar-refractivity contribution in [1.29, 1.82) is 0 Å². The molecule has 1 aliphatic heterocycles. The molecule has 1 fully saturated rings. The normalized spacial score (nSPS) is 17.5. The molecule has 0 bridgehead atoms. The molecule has 26 heavy (non-hydrogen) atoms. The summed E-state index contributed by atoms with van der Waals surface area (Å²) < 4.78 is 5.73. The van der Waals surface area contributed by atoms with Crippen LogP contribution in [0.2, 0.25) is 0 Å². The second-order valence-corrected chi connectivity index (χ2v) is 6.56. The molecule has 1 heterocycles. The molecule has 2 aromatic rings. The predicted octanol–water partition coefficient (Wildman–Crippen LogP) is 3.37. The van der Waals surface area contributed by atoms with Gasteiger partial charge in [0.1, 0.15) is 6.10 Å². The maximum Gasteiger partial charge on any atom is 0.348 e. The largest absolute Gasteiger partial charge is 0.458 e. The first-order chi connectivity index (χ1) is 12.1. The molecule has 1 aliphatic rings. The zero-order valence-corrected chi connectivity index (χ0v) is 15.8. The number of hydrogen-bond donors (Lipinski definition) is 1. The average Bonchev–Trinajstić information content (AvgIpc) is 3.09. The van der Waals surface area contributed by atoms with Gasteiger partial charge in [0.2, 0.25) is 5.60 Å². The van der Waals surface area contributed by atoms with Gasteiger partial charge in [-0.15, -0.1) is 12.4 Å². The third-order valence-electron chi connectivity index (χ3n) is 4.72. The number of hydrogen-bond acceptors (Lipinski definition) is 4. The highest BCUT2D eigenvalue weighted by atomic mass is 35.5. The molecule has 0 radical (unpaired) electrons. The van der Waals surface area contributed by atoms with E-state index in [1.165, 1.54) is 0 Å². The fourth-order valence-corrected chi connectivity index (χ4v) is 3.41. The van der Waals surface area contributed by atoms with Crippen molar-refractivity contribution in [2.45, 2.75) is 31.5 Å². The summed E-state index contributed by atoms with van der Waals surface area (Å²) in [5, 5.41) is 11.4. The first-order valence-corrected chi connectivity index (χ1v) is 8.91. The Hall–Kier alpha value is -1.88. The lowest BCUT2D eigenvalue weighted by molar-refractivity contribution is -0.167. The van der Waals surface area contributed by atoms with Crippen LogP contribution in [0, 0.1) is 0 Å². The van der Waals surface area contributed by atoms with Crippen LogP contribution in [0.4, 0.5) is 0 Å². The van der Waals surface area contributed by atoms with Crippen LogP contribution in [0.25, 0.3) is 0 Å². The summed E-state index contributed by atoms with van der Waals surface area (Å²) in [6.07, 6.45) is 1.72. The average molecular weight is 376 g/mol. The number of ether oxygens (including phenoxy) is 1. The van der Waals surface area contributed by atoms with E-state index in [4.69, 9.17) is 4.74 Å². The monoisotopic (exact) mass is 375 g/mol. The van der Waals surface area contributed by atoms with Gasteiger partial charge >= 0.3 is 5.97 Å². The fourth-order valence-electron chi connectivity index (χ4n) is 3.41. The quantitative estimate of drug-likeness (QED) is 0.786. The van der Waals surface area contributed by atoms with Crippen molar-refractivity contribution in [3.63, 3.8) is 0 Å². The molecule has 0 spiro atoms. The van der Waals surface area contributed by atoms with E-state index in [1.807, 2.05) is 36.4 Å². The number of rotatable bonds is 6. The number of benzene rings is 2.